The topological polar surface area (TPSA) is 46.5 Å². The van der Waals surface area contributed by atoms with Crippen LogP contribution in [0.1, 0.15) is 44.5 Å². The lowest BCUT2D eigenvalue weighted by molar-refractivity contribution is 0.0489. The molecule has 1 rings (SSSR count). The Hall–Kier alpha value is -1.48. The number of halogens is 5. The molecule has 1 aromatic rings. The summed E-state index contributed by atoms with van der Waals surface area (Å²) in [5, 5.41) is 0. The van der Waals surface area contributed by atoms with Crippen LogP contribution in [0, 0.1) is 29.1 Å². The fourth-order valence-corrected chi connectivity index (χ4v) is 5.82. The molecule has 0 bridgehead atoms. The van der Waals surface area contributed by atoms with E-state index in [9.17, 15) is 31.5 Å². The van der Waals surface area contributed by atoms with Crippen molar-refractivity contribution in [2.24, 2.45) is 0 Å². The maximum absolute atomic E-state index is 13.5. The molecule has 0 aromatic heterocycles. The van der Waals surface area contributed by atoms with Crippen molar-refractivity contribution in [1.29, 1.82) is 0 Å². The lowest BCUT2D eigenvalue weighted by Gasteiger charge is -2.33. The molecule has 1 aromatic carbocycles. The predicted molar refractivity (Wildman–Crippen MR) is 84.1 cm³/mol. The fourth-order valence-electron chi connectivity index (χ4n) is 2.62. The van der Waals surface area contributed by atoms with Gasteiger partial charge >= 0.3 is 5.97 Å². The molecule has 25 heavy (non-hydrogen) atoms. The number of benzene rings is 1. The lowest BCUT2D eigenvalue weighted by Crippen LogP contribution is -2.41. The van der Waals surface area contributed by atoms with Gasteiger partial charge in [-0.1, -0.05) is 27.7 Å². The standard InChI is InChI=1S/C16H21F5O3Si/c1-8(2)25(23,9(3)4)7-5-6-24-16(22)10-11(17)13(19)15(21)14(20)12(10)18/h8-9,23H,5-7H2,1-4H3. The van der Waals surface area contributed by atoms with Gasteiger partial charge < -0.3 is 9.53 Å². The van der Waals surface area contributed by atoms with E-state index in [0.29, 0.717) is 6.04 Å². The van der Waals surface area contributed by atoms with Gasteiger partial charge in [-0.15, -0.1) is 0 Å². The normalized spacial score (nSPS) is 12.2. The maximum atomic E-state index is 13.5. The SMILES string of the molecule is CC(C)[Si](O)(CCCOC(=O)c1c(F)c(F)c(F)c(F)c1F)C(C)C. The first-order valence-corrected chi connectivity index (χ1v) is 10.2. The van der Waals surface area contributed by atoms with Gasteiger partial charge in [0.1, 0.15) is 5.56 Å². The third-order valence-corrected chi connectivity index (χ3v) is 9.52. The molecule has 0 fully saturated rings. The minimum Gasteiger partial charge on any atom is -0.462 e. The van der Waals surface area contributed by atoms with Crippen LogP contribution in [0.3, 0.4) is 0 Å². The van der Waals surface area contributed by atoms with Gasteiger partial charge in [0.05, 0.1) is 6.61 Å². The van der Waals surface area contributed by atoms with Crippen LogP contribution in [-0.2, 0) is 4.74 Å². The van der Waals surface area contributed by atoms with Crippen LogP contribution in [0.15, 0.2) is 0 Å². The van der Waals surface area contributed by atoms with Crippen molar-refractivity contribution in [1.82, 2.24) is 0 Å². The molecule has 0 amide bonds. The summed E-state index contributed by atoms with van der Waals surface area (Å²) in [6.45, 7) is 7.23. The first kappa shape index (κ1) is 21.6. The highest BCUT2D eigenvalue weighted by atomic mass is 28.4. The quantitative estimate of drug-likeness (QED) is 0.185. The predicted octanol–water partition coefficient (Wildman–Crippen LogP) is 4.69. The molecule has 9 heteroatoms. The molecule has 0 unspecified atom stereocenters. The number of hydrogen-bond acceptors (Lipinski definition) is 3. The van der Waals surface area contributed by atoms with Crippen LogP contribution < -0.4 is 0 Å². The van der Waals surface area contributed by atoms with Gasteiger partial charge in [-0.2, -0.15) is 0 Å². The largest absolute Gasteiger partial charge is 0.462 e. The highest BCUT2D eigenvalue weighted by molar-refractivity contribution is 6.75. The maximum Gasteiger partial charge on any atom is 0.344 e. The Kier molecular flexibility index (Phi) is 7.13. The van der Waals surface area contributed by atoms with Gasteiger partial charge in [0.15, 0.2) is 31.6 Å². The Morgan fingerprint density at radius 3 is 1.72 bits per heavy atom. The van der Waals surface area contributed by atoms with Crippen LogP contribution >= 0.6 is 0 Å². The molecular formula is C16H21F5O3Si. The van der Waals surface area contributed by atoms with Crippen molar-refractivity contribution >= 4 is 14.3 Å². The molecular weight excluding hydrogens is 363 g/mol. The van der Waals surface area contributed by atoms with E-state index in [4.69, 9.17) is 0 Å². The second kappa shape index (κ2) is 8.26. The van der Waals surface area contributed by atoms with E-state index in [2.05, 4.69) is 4.74 Å². The zero-order chi connectivity index (χ0) is 19.5. The van der Waals surface area contributed by atoms with E-state index in [1.165, 1.54) is 0 Å². The first-order valence-electron chi connectivity index (χ1n) is 7.86. The third-order valence-electron chi connectivity index (χ3n) is 4.37. The molecule has 0 aliphatic heterocycles. The minimum absolute atomic E-state index is 0.0541. The second-order valence-corrected chi connectivity index (χ2v) is 11.3. The number of carbonyl (C=O) groups excluding carboxylic acids is 1. The van der Waals surface area contributed by atoms with Crippen molar-refractivity contribution in [3.8, 4) is 0 Å². The lowest BCUT2D eigenvalue weighted by atomic mass is 10.1. The molecule has 0 saturated carbocycles. The number of esters is 1. The molecule has 1 N–H and O–H groups in total. The average molecular weight is 384 g/mol. The summed E-state index contributed by atoms with van der Waals surface area (Å²) in [6, 6.07) is 0.382. The Morgan fingerprint density at radius 1 is 0.920 bits per heavy atom. The van der Waals surface area contributed by atoms with E-state index in [-0.39, 0.29) is 24.1 Å². The second-order valence-electron chi connectivity index (χ2n) is 6.49. The van der Waals surface area contributed by atoms with Crippen LogP contribution in [0.2, 0.25) is 17.1 Å². The van der Waals surface area contributed by atoms with Crippen LogP contribution in [0.25, 0.3) is 0 Å². The Balaban J connectivity index is 2.80. The molecule has 0 spiro atoms. The van der Waals surface area contributed by atoms with Gasteiger partial charge in [-0.3, -0.25) is 0 Å². The van der Waals surface area contributed by atoms with Crippen molar-refractivity contribution < 1.29 is 36.3 Å². The molecule has 0 radical (unpaired) electrons. The number of hydrogen-bond donors (Lipinski definition) is 1. The highest BCUT2D eigenvalue weighted by Gasteiger charge is 2.38. The van der Waals surface area contributed by atoms with Gasteiger partial charge in [0.25, 0.3) is 0 Å². The van der Waals surface area contributed by atoms with Crippen LogP contribution in [0.4, 0.5) is 22.0 Å². The summed E-state index contributed by atoms with van der Waals surface area (Å²) in [6.07, 6.45) is 0.222. The van der Waals surface area contributed by atoms with Crippen LogP contribution in [-0.4, -0.2) is 25.7 Å². The first-order chi connectivity index (χ1) is 11.4. The van der Waals surface area contributed by atoms with Crippen molar-refractivity contribution in [2.45, 2.75) is 51.2 Å². The van der Waals surface area contributed by atoms with E-state index < -0.39 is 48.9 Å². The van der Waals surface area contributed by atoms with Gasteiger partial charge in [-0.25, -0.2) is 26.7 Å². The molecule has 0 atom stereocenters. The Labute approximate surface area is 143 Å². The van der Waals surface area contributed by atoms with Crippen molar-refractivity contribution in [2.75, 3.05) is 6.61 Å². The molecule has 3 nitrogen and oxygen atoms in total. The van der Waals surface area contributed by atoms with E-state index in [0.717, 1.165) is 0 Å². The number of rotatable bonds is 7. The molecule has 0 aliphatic rings. The summed E-state index contributed by atoms with van der Waals surface area (Å²) in [7, 11) is -2.61. The molecule has 142 valence electrons. The monoisotopic (exact) mass is 384 g/mol. The minimum atomic E-state index is -2.61. The molecule has 0 heterocycles. The molecule has 0 aliphatic carbocycles. The summed E-state index contributed by atoms with van der Waals surface area (Å²) in [5.41, 5.74) is -1.51. The Morgan fingerprint density at radius 2 is 1.32 bits per heavy atom. The summed E-state index contributed by atoms with van der Waals surface area (Å²) >= 11 is 0. The van der Waals surface area contributed by atoms with Gasteiger partial charge in [0.2, 0.25) is 5.82 Å². The summed E-state index contributed by atoms with van der Waals surface area (Å²) in [4.78, 5) is 22.4. The molecule has 0 saturated heterocycles. The number of ether oxygens (including phenoxy) is 1. The number of carbonyl (C=O) groups is 1. The van der Waals surface area contributed by atoms with Gasteiger partial charge in [-0.05, 0) is 23.5 Å². The summed E-state index contributed by atoms with van der Waals surface area (Å²) < 4.78 is 70.8. The average Bonchev–Trinajstić information content (AvgIpc) is 2.54. The zero-order valence-corrected chi connectivity index (χ0v) is 15.4. The third kappa shape index (κ3) is 4.38. The Bertz CT molecular complexity index is 612. The van der Waals surface area contributed by atoms with Crippen molar-refractivity contribution in [3.63, 3.8) is 0 Å². The fraction of sp³-hybridized carbons (Fsp3) is 0.562. The van der Waals surface area contributed by atoms with Gasteiger partial charge in [0, 0.05) is 0 Å². The van der Waals surface area contributed by atoms with E-state index in [1.54, 1.807) is 0 Å². The zero-order valence-electron chi connectivity index (χ0n) is 14.4. The highest BCUT2D eigenvalue weighted by Crippen LogP contribution is 2.34. The van der Waals surface area contributed by atoms with E-state index >= 15 is 0 Å². The van der Waals surface area contributed by atoms with E-state index in [1.807, 2.05) is 27.7 Å². The summed E-state index contributed by atoms with van der Waals surface area (Å²) in [5.74, 6) is -12.8. The van der Waals surface area contributed by atoms with Crippen molar-refractivity contribution in [3.05, 3.63) is 34.6 Å². The smallest absolute Gasteiger partial charge is 0.344 e. The van der Waals surface area contributed by atoms with Crippen LogP contribution in [0.5, 0.6) is 0 Å².